The maximum Gasteiger partial charge on any atom is 0.240 e. The molecule has 0 spiro atoms. The zero-order valence-corrected chi connectivity index (χ0v) is 13.8. The van der Waals surface area contributed by atoms with Crippen molar-refractivity contribution in [2.24, 2.45) is 5.73 Å². The third kappa shape index (κ3) is 3.91. The number of hydrogen-bond donors (Lipinski definition) is 1. The summed E-state index contributed by atoms with van der Waals surface area (Å²) in [6, 6.07) is 6.57. The molecule has 1 aromatic carbocycles. The van der Waals surface area contributed by atoms with Gasteiger partial charge in [-0.1, -0.05) is 23.7 Å². The number of piperazine rings is 1. The molecule has 2 atom stereocenters. The molecule has 1 saturated heterocycles. The molecule has 2 amide bonds. The average molecular weight is 344 g/mol. The van der Waals surface area contributed by atoms with Crippen LogP contribution in [-0.4, -0.2) is 53.2 Å². The van der Waals surface area contributed by atoms with Crippen LogP contribution in [0.5, 0.6) is 0 Å². The second-order valence-electron chi connectivity index (χ2n) is 5.33. The van der Waals surface area contributed by atoms with E-state index >= 15 is 0 Å². The molecular formula is C15H19Cl2N3O2. The molecule has 2 rings (SSSR count). The van der Waals surface area contributed by atoms with Crippen LogP contribution >= 0.6 is 23.2 Å². The zero-order chi connectivity index (χ0) is 16.3. The second kappa shape index (κ2) is 7.31. The number of nitrogens with zero attached hydrogens (tertiary/aromatic N) is 2. The first-order valence-corrected chi connectivity index (χ1v) is 7.93. The molecule has 22 heavy (non-hydrogen) atoms. The van der Waals surface area contributed by atoms with Crippen molar-refractivity contribution in [2.75, 3.05) is 26.2 Å². The van der Waals surface area contributed by atoms with Gasteiger partial charge in [0.15, 0.2) is 0 Å². The minimum atomic E-state index is -0.533. The first-order chi connectivity index (χ1) is 10.4. The summed E-state index contributed by atoms with van der Waals surface area (Å²) in [5.74, 6) is -0.490. The molecule has 2 unspecified atom stereocenters. The molecule has 1 heterocycles. The summed E-state index contributed by atoms with van der Waals surface area (Å²) in [5.41, 5.74) is 6.37. The van der Waals surface area contributed by atoms with Crippen molar-refractivity contribution < 1.29 is 9.59 Å². The number of primary amides is 1. The summed E-state index contributed by atoms with van der Waals surface area (Å²) in [7, 11) is 0. The third-order valence-electron chi connectivity index (χ3n) is 3.79. The van der Waals surface area contributed by atoms with Gasteiger partial charge in [-0.25, -0.2) is 0 Å². The van der Waals surface area contributed by atoms with Gasteiger partial charge in [-0.3, -0.25) is 14.5 Å². The van der Waals surface area contributed by atoms with E-state index in [4.69, 9.17) is 28.9 Å². The number of alkyl halides is 1. The van der Waals surface area contributed by atoms with E-state index in [-0.39, 0.29) is 5.91 Å². The SMILES string of the molecule is CC(Cl)C(=O)N1CCN(C(C(N)=O)c2ccc(Cl)cc2)CC1. The first kappa shape index (κ1) is 17.1. The van der Waals surface area contributed by atoms with Crippen molar-refractivity contribution in [3.8, 4) is 0 Å². The summed E-state index contributed by atoms with van der Waals surface area (Å²) < 4.78 is 0. The highest BCUT2D eigenvalue weighted by Crippen LogP contribution is 2.24. The summed E-state index contributed by atoms with van der Waals surface area (Å²) in [6.45, 7) is 3.88. The Morgan fingerprint density at radius 1 is 1.14 bits per heavy atom. The van der Waals surface area contributed by atoms with E-state index < -0.39 is 17.3 Å². The van der Waals surface area contributed by atoms with Gasteiger partial charge in [-0.05, 0) is 24.6 Å². The Labute approximate surface area is 139 Å². The van der Waals surface area contributed by atoms with Crippen LogP contribution in [0.3, 0.4) is 0 Å². The molecule has 0 aliphatic carbocycles. The Morgan fingerprint density at radius 3 is 2.14 bits per heavy atom. The van der Waals surface area contributed by atoms with Crippen molar-refractivity contribution in [3.05, 3.63) is 34.9 Å². The lowest BCUT2D eigenvalue weighted by molar-refractivity contribution is -0.133. The van der Waals surface area contributed by atoms with Gasteiger partial charge in [0, 0.05) is 31.2 Å². The van der Waals surface area contributed by atoms with Crippen molar-refractivity contribution >= 4 is 35.0 Å². The van der Waals surface area contributed by atoms with Crippen molar-refractivity contribution in [1.29, 1.82) is 0 Å². The Hall–Kier alpha value is -1.30. The molecular weight excluding hydrogens is 325 g/mol. The van der Waals surface area contributed by atoms with Crippen molar-refractivity contribution in [1.82, 2.24) is 9.80 Å². The molecule has 1 aromatic rings. The average Bonchev–Trinajstić information content (AvgIpc) is 2.49. The fraction of sp³-hybridized carbons (Fsp3) is 0.467. The van der Waals surface area contributed by atoms with E-state index in [9.17, 15) is 9.59 Å². The summed E-state index contributed by atoms with van der Waals surface area (Å²) in [5, 5.41) is 0.0771. The van der Waals surface area contributed by atoms with Gasteiger partial charge in [-0.2, -0.15) is 0 Å². The smallest absolute Gasteiger partial charge is 0.240 e. The quantitative estimate of drug-likeness (QED) is 0.845. The topological polar surface area (TPSA) is 66.6 Å². The molecule has 0 aromatic heterocycles. The van der Waals surface area contributed by atoms with Crippen molar-refractivity contribution in [2.45, 2.75) is 18.3 Å². The lowest BCUT2D eigenvalue weighted by Gasteiger charge is -2.38. The van der Waals surface area contributed by atoms with Gasteiger partial charge < -0.3 is 10.6 Å². The van der Waals surface area contributed by atoms with E-state index in [1.54, 1.807) is 36.1 Å². The number of hydrogen-bond acceptors (Lipinski definition) is 3. The number of rotatable bonds is 4. The lowest BCUT2D eigenvalue weighted by atomic mass is 10.0. The van der Waals surface area contributed by atoms with Gasteiger partial charge in [0.05, 0.1) is 0 Å². The number of carbonyl (C=O) groups excluding carboxylic acids is 2. The molecule has 0 radical (unpaired) electrons. The minimum absolute atomic E-state index is 0.0802. The molecule has 0 bridgehead atoms. The van der Waals surface area contributed by atoms with E-state index in [1.165, 1.54) is 0 Å². The van der Waals surface area contributed by atoms with E-state index in [0.717, 1.165) is 5.56 Å². The molecule has 0 saturated carbocycles. The number of benzene rings is 1. The monoisotopic (exact) mass is 343 g/mol. The zero-order valence-electron chi connectivity index (χ0n) is 12.3. The van der Waals surface area contributed by atoms with Gasteiger partial charge >= 0.3 is 0 Å². The summed E-state index contributed by atoms with van der Waals surface area (Å²) in [4.78, 5) is 27.4. The van der Waals surface area contributed by atoms with Crippen LogP contribution in [-0.2, 0) is 9.59 Å². The van der Waals surface area contributed by atoms with Crippen LogP contribution in [0.25, 0.3) is 0 Å². The second-order valence-corrected chi connectivity index (χ2v) is 6.42. The van der Waals surface area contributed by atoms with Gasteiger partial charge in [0.2, 0.25) is 11.8 Å². The van der Waals surface area contributed by atoms with E-state index in [1.807, 2.05) is 4.90 Å². The van der Waals surface area contributed by atoms with Gasteiger partial charge in [0.1, 0.15) is 11.4 Å². The van der Waals surface area contributed by atoms with Gasteiger partial charge in [0.25, 0.3) is 0 Å². The van der Waals surface area contributed by atoms with Crippen LogP contribution in [0, 0.1) is 0 Å². The Bertz CT molecular complexity index is 540. The van der Waals surface area contributed by atoms with E-state index in [0.29, 0.717) is 31.2 Å². The summed E-state index contributed by atoms with van der Waals surface area (Å²) >= 11 is 11.7. The van der Waals surface area contributed by atoms with Crippen LogP contribution in [0.15, 0.2) is 24.3 Å². The Morgan fingerprint density at radius 2 is 1.68 bits per heavy atom. The predicted molar refractivity (Wildman–Crippen MR) is 86.9 cm³/mol. The standard InChI is InChI=1S/C15H19Cl2N3O2/c1-10(16)15(22)20-8-6-19(7-9-20)13(14(18)21)11-2-4-12(17)5-3-11/h2-5,10,13H,6-9H2,1H3,(H2,18,21). The molecule has 120 valence electrons. The molecule has 7 heteroatoms. The highest BCUT2D eigenvalue weighted by atomic mass is 35.5. The van der Waals surface area contributed by atoms with Crippen molar-refractivity contribution in [3.63, 3.8) is 0 Å². The lowest BCUT2D eigenvalue weighted by Crippen LogP contribution is -2.53. The normalized spacial score (nSPS) is 18.8. The third-order valence-corrected chi connectivity index (χ3v) is 4.23. The number of nitrogens with two attached hydrogens (primary N) is 1. The molecule has 1 aliphatic rings. The number of carbonyl (C=O) groups is 2. The molecule has 1 aliphatic heterocycles. The van der Waals surface area contributed by atoms with Crippen LogP contribution in [0.1, 0.15) is 18.5 Å². The van der Waals surface area contributed by atoms with E-state index in [2.05, 4.69) is 0 Å². The molecule has 2 N–H and O–H groups in total. The van der Waals surface area contributed by atoms with Crippen LogP contribution < -0.4 is 5.73 Å². The predicted octanol–water partition coefficient (Wildman–Crippen LogP) is 1.64. The highest BCUT2D eigenvalue weighted by molar-refractivity contribution is 6.30. The highest BCUT2D eigenvalue weighted by Gasteiger charge is 2.31. The fourth-order valence-electron chi connectivity index (χ4n) is 2.65. The largest absolute Gasteiger partial charge is 0.368 e. The maximum atomic E-state index is 11.9. The Balaban J connectivity index is 2.08. The molecule has 1 fully saturated rings. The van der Waals surface area contributed by atoms with Crippen LogP contribution in [0.4, 0.5) is 0 Å². The fourth-order valence-corrected chi connectivity index (χ4v) is 2.92. The maximum absolute atomic E-state index is 11.9. The number of amides is 2. The first-order valence-electron chi connectivity index (χ1n) is 7.12. The number of halogens is 2. The Kier molecular flexibility index (Phi) is 5.67. The minimum Gasteiger partial charge on any atom is -0.368 e. The van der Waals surface area contributed by atoms with Gasteiger partial charge in [-0.15, -0.1) is 11.6 Å². The molecule has 5 nitrogen and oxygen atoms in total. The van der Waals surface area contributed by atoms with Crippen LogP contribution in [0.2, 0.25) is 5.02 Å². The summed E-state index contributed by atoms with van der Waals surface area (Å²) in [6.07, 6.45) is 0.